The van der Waals surface area contributed by atoms with Crippen molar-refractivity contribution in [2.24, 2.45) is 5.73 Å². The van der Waals surface area contributed by atoms with Crippen molar-refractivity contribution in [2.75, 3.05) is 20.1 Å². The van der Waals surface area contributed by atoms with E-state index in [0.29, 0.717) is 18.7 Å². The molecule has 1 rings (SSSR count). The third-order valence-corrected chi connectivity index (χ3v) is 4.96. The molecule has 0 spiro atoms. The van der Waals surface area contributed by atoms with E-state index in [-0.39, 0.29) is 16.8 Å². The molecule has 0 aromatic heterocycles. The van der Waals surface area contributed by atoms with Crippen molar-refractivity contribution in [1.29, 1.82) is 0 Å². The highest BCUT2D eigenvalue weighted by Crippen LogP contribution is 2.17. The maximum Gasteiger partial charge on any atom is 0.251 e. The lowest BCUT2D eigenvalue weighted by atomic mass is 10.2. The minimum Gasteiger partial charge on any atom is -0.351 e. The predicted molar refractivity (Wildman–Crippen MR) is 77.9 cm³/mol. The number of hydrogen-bond acceptors (Lipinski definition) is 4. The molecular formula is C13H21N3O3S. The quantitative estimate of drug-likeness (QED) is 0.795. The summed E-state index contributed by atoms with van der Waals surface area (Å²) in [7, 11) is -2.07. The summed E-state index contributed by atoms with van der Waals surface area (Å²) in [5.74, 6) is -0.334. The zero-order chi connectivity index (χ0) is 15.3. The van der Waals surface area contributed by atoms with Crippen LogP contribution >= 0.6 is 0 Å². The molecule has 0 radical (unpaired) electrons. The van der Waals surface area contributed by atoms with Crippen molar-refractivity contribution < 1.29 is 13.2 Å². The summed E-state index contributed by atoms with van der Waals surface area (Å²) < 4.78 is 25.9. The van der Waals surface area contributed by atoms with Gasteiger partial charge in [-0.3, -0.25) is 4.79 Å². The van der Waals surface area contributed by atoms with Gasteiger partial charge in [0.2, 0.25) is 10.0 Å². The Morgan fingerprint density at radius 3 is 2.60 bits per heavy atom. The summed E-state index contributed by atoms with van der Waals surface area (Å²) in [6, 6.07) is 5.82. The monoisotopic (exact) mass is 299 g/mol. The Morgan fingerprint density at radius 2 is 2.05 bits per heavy atom. The highest BCUT2D eigenvalue weighted by atomic mass is 32.2. The van der Waals surface area contributed by atoms with Gasteiger partial charge < -0.3 is 11.1 Å². The Labute approximate surface area is 120 Å². The van der Waals surface area contributed by atoms with Gasteiger partial charge in [0, 0.05) is 31.7 Å². The first-order valence-electron chi connectivity index (χ1n) is 6.37. The van der Waals surface area contributed by atoms with E-state index >= 15 is 0 Å². The Balaban J connectivity index is 3.07. The fourth-order valence-corrected chi connectivity index (χ4v) is 2.94. The molecule has 7 heteroatoms. The lowest BCUT2D eigenvalue weighted by Gasteiger charge is -2.21. The van der Waals surface area contributed by atoms with Crippen LogP contribution in [-0.4, -0.2) is 44.8 Å². The van der Waals surface area contributed by atoms with Crippen molar-refractivity contribution in [3.63, 3.8) is 0 Å². The lowest BCUT2D eigenvalue weighted by Crippen LogP contribution is -2.33. The topological polar surface area (TPSA) is 92.5 Å². The Morgan fingerprint density at radius 1 is 1.40 bits per heavy atom. The summed E-state index contributed by atoms with van der Waals surface area (Å²) in [5.41, 5.74) is 5.61. The summed E-state index contributed by atoms with van der Waals surface area (Å²) >= 11 is 0. The van der Waals surface area contributed by atoms with Crippen LogP contribution in [0.3, 0.4) is 0 Å². The van der Waals surface area contributed by atoms with E-state index < -0.39 is 10.0 Å². The average molecular weight is 299 g/mol. The molecule has 1 amide bonds. The number of nitrogens with two attached hydrogens (primary N) is 1. The molecule has 20 heavy (non-hydrogen) atoms. The molecule has 0 saturated carbocycles. The molecule has 0 saturated heterocycles. The number of amides is 1. The smallest absolute Gasteiger partial charge is 0.251 e. The van der Waals surface area contributed by atoms with Gasteiger partial charge in [-0.1, -0.05) is 6.07 Å². The zero-order valence-corrected chi connectivity index (χ0v) is 12.8. The molecule has 0 aliphatic heterocycles. The standard InChI is InChI=1S/C13H21N3O3S/c1-10(2)16(3)20(18,19)12-6-4-5-11(9-12)13(17)15-8-7-14/h4-6,9-10H,7-8,14H2,1-3H3,(H,15,17). The third kappa shape index (κ3) is 3.78. The van der Waals surface area contributed by atoms with Crippen LogP contribution in [0.25, 0.3) is 0 Å². The van der Waals surface area contributed by atoms with Crippen LogP contribution in [0.2, 0.25) is 0 Å². The van der Waals surface area contributed by atoms with Crippen LogP contribution in [0.1, 0.15) is 24.2 Å². The molecule has 0 aliphatic carbocycles. The third-order valence-electron chi connectivity index (χ3n) is 2.93. The largest absolute Gasteiger partial charge is 0.351 e. The average Bonchev–Trinajstić information content (AvgIpc) is 2.43. The van der Waals surface area contributed by atoms with Crippen molar-refractivity contribution >= 4 is 15.9 Å². The summed E-state index contributed by atoms with van der Waals surface area (Å²) in [6.45, 7) is 4.26. The Kier molecular flexibility index (Phi) is 5.67. The molecule has 0 fully saturated rings. The van der Waals surface area contributed by atoms with Crippen LogP contribution in [0.15, 0.2) is 29.2 Å². The first-order chi connectivity index (χ1) is 9.30. The number of carbonyl (C=O) groups is 1. The molecule has 1 aromatic carbocycles. The molecular weight excluding hydrogens is 278 g/mol. The van der Waals surface area contributed by atoms with Gasteiger partial charge in [0.1, 0.15) is 0 Å². The fourth-order valence-electron chi connectivity index (χ4n) is 1.53. The van der Waals surface area contributed by atoms with E-state index in [1.807, 2.05) is 0 Å². The molecule has 3 N–H and O–H groups in total. The molecule has 0 bridgehead atoms. The van der Waals surface area contributed by atoms with Gasteiger partial charge in [-0.05, 0) is 32.0 Å². The van der Waals surface area contributed by atoms with Crippen LogP contribution in [-0.2, 0) is 10.0 Å². The Bertz CT molecular complexity index is 570. The van der Waals surface area contributed by atoms with E-state index in [1.54, 1.807) is 26.0 Å². The van der Waals surface area contributed by atoms with Crippen molar-refractivity contribution in [3.05, 3.63) is 29.8 Å². The number of nitrogens with zero attached hydrogens (tertiary/aromatic N) is 1. The predicted octanol–water partition coefficient (Wildman–Crippen LogP) is 0.404. The maximum absolute atomic E-state index is 12.3. The maximum atomic E-state index is 12.3. The normalized spacial score (nSPS) is 11.9. The van der Waals surface area contributed by atoms with Crippen LogP contribution in [0, 0.1) is 0 Å². The minimum atomic E-state index is -3.59. The number of benzene rings is 1. The number of nitrogens with one attached hydrogen (secondary N) is 1. The number of carbonyl (C=O) groups excluding carboxylic acids is 1. The molecule has 0 aliphatic rings. The number of sulfonamides is 1. The van der Waals surface area contributed by atoms with Crippen LogP contribution < -0.4 is 11.1 Å². The van der Waals surface area contributed by atoms with E-state index in [4.69, 9.17) is 5.73 Å². The van der Waals surface area contributed by atoms with Crippen molar-refractivity contribution in [1.82, 2.24) is 9.62 Å². The highest BCUT2D eigenvalue weighted by Gasteiger charge is 2.23. The van der Waals surface area contributed by atoms with Crippen molar-refractivity contribution in [2.45, 2.75) is 24.8 Å². The van der Waals surface area contributed by atoms with E-state index in [9.17, 15) is 13.2 Å². The molecule has 6 nitrogen and oxygen atoms in total. The second-order valence-corrected chi connectivity index (χ2v) is 6.68. The van der Waals surface area contributed by atoms with Crippen LogP contribution in [0.5, 0.6) is 0 Å². The second-order valence-electron chi connectivity index (χ2n) is 4.69. The summed E-state index contributed by atoms with van der Waals surface area (Å²) in [6.07, 6.45) is 0. The molecule has 0 unspecified atom stereocenters. The second kappa shape index (κ2) is 6.83. The number of hydrogen-bond donors (Lipinski definition) is 2. The molecule has 0 atom stereocenters. The molecule has 1 aromatic rings. The van der Waals surface area contributed by atoms with Crippen molar-refractivity contribution in [3.8, 4) is 0 Å². The van der Waals surface area contributed by atoms with E-state index in [0.717, 1.165) is 0 Å². The molecule has 112 valence electrons. The van der Waals surface area contributed by atoms with Crippen LogP contribution in [0.4, 0.5) is 0 Å². The highest BCUT2D eigenvalue weighted by molar-refractivity contribution is 7.89. The summed E-state index contributed by atoms with van der Waals surface area (Å²) in [5, 5.41) is 2.61. The first-order valence-corrected chi connectivity index (χ1v) is 7.81. The van der Waals surface area contributed by atoms with Gasteiger partial charge >= 0.3 is 0 Å². The van der Waals surface area contributed by atoms with Gasteiger partial charge in [0.25, 0.3) is 5.91 Å². The summed E-state index contributed by atoms with van der Waals surface area (Å²) in [4.78, 5) is 11.9. The van der Waals surface area contributed by atoms with Gasteiger partial charge in [0.05, 0.1) is 4.90 Å². The van der Waals surface area contributed by atoms with E-state index in [1.165, 1.54) is 23.5 Å². The van der Waals surface area contributed by atoms with Gasteiger partial charge in [-0.15, -0.1) is 0 Å². The van der Waals surface area contributed by atoms with Gasteiger partial charge in [-0.25, -0.2) is 8.42 Å². The SMILES string of the molecule is CC(C)N(C)S(=O)(=O)c1cccc(C(=O)NCCN)c1. The fraction of sp³-hybridized carbons (Fsp3) is 0.462. The Hall–Kier alpha value is -1.44. The minimum absolute atomic E-state index is 0.106. The molecule has 0 heterocycles. The lowest BCUT2D eigenvalue weighted by molar-refractivity contribution is 0.0954. The number of rotatable bonds is 6. The first kappa shape index (κ1) is 16.6. The zero-order valence-electron chi connectivity index (χ0n) is 12.0. The van der Waals surface area contributed by atoms with E-state index in [2.05, 4.69) is 5.32 Å². The van der Waals surface area contributed by atoms with Gasteiger partial charge in [0.15, 0.2) is 0 Å². The van der Waals surface area contributed by atoms with Gasteiger partial charge in [-0.2, -0.15) is 4.31 Å².